The van der Waals surface area contributed by atoms with E-state index in [9.17, 15) is 9.50 Å². The third-order valence-electron chi connectivity index (χ3n) is 5.06. The van der Waals surface area contributed by atoms with Crippen molar-refractivity contribution in [1.82, 2.24) is 4.90 Å². The van der Waals surface area contributed by atoms with Gasteiger partial charge in [-0.05, 0) is 63.4 Å². The molecule has 0 aromatic heterocycles. The first-order chi connectivity index (χ1) is 9.85. The van der Waals surface area contributed by atoms with Gasteiger partial charge in [0.05, 0.1) is 11.1 Å². The fourth-order valence-electron chi connectivity index (χ4n) is 3.42. The summed E-state index contributed by atoms with van der Waals surface area (Å²) in [7, 11) is 4.06. The van der Waals surface area contributed by atoms with Gasteiger partial charge in [-0.3, -0.25) is 0 Å². The van der Waals surface area contributed by atoms with Crippen molar-refractivity contribution in [2.45, 2.75) is 50.7 Å². The predicted octanol–water partition coefficient (Wildman–Crippen LogP) is 3.89. The molecule has 0 saturated heterocycles. The number of benzene rings is 1. The standard InChI is InChI=1S/C17H25ClFNO/c1-12-6-8-17(9-7-12,20(2)3)16(21)11-13-4-5-14(18)15(19)10-13/h4-5,10,12,16,21H,6-9,11H2,1-3H3. The van der Waals surface area contributed by atoms with E-state index in [2.05, 4.69) is 11.8 Å². The van der Waals surface area contributed by atoms with Crippen LogP contribution in [0.3, 0.4) is 0 Å². The van der Waals surface area contributed by atoms with E-state index < -0.39 is 11.9 Å². The van der Waals surface area contributed by atoms with Gasteiger partial charge in [-0.2, -0.15) is 0 Å². The first kappa shape index (κ1) is 16.7. The summed E-state index contributed by atoms with van der Waals surface area (Å²) in [4.78, 5) is 2.15. The lowest BCUT2D eigenvalue weighted by Gasteiger charge is -2.47. The van der Waals surface area contributed by atoms with E-state index in [0.29, 0.717) is 6.42 Å². The Morgan fingerprint density at radius 1 is 1.38 bits per heavy atom. The van der Waals surface area contributed by atoms with Crippen molar-refractivity contribution in [3.8, 4) is 0 Å². The monoisotopic (exact) mass is 313 g/mol. The van der Waals surface area contributed by atoms with Crippen LogP contribution in [-0.2, 0) is 6.42 Å². The molecule has 118 valence electrons. The second-order valence-corrected chi connectivity index (χ2v) is 7.06. The highest BCUT2D eigenvalue weighted by Gasteiger charge is 2.42. The Morgan fingerprint density at radius 2 is 2.00 bits per heavy atom. The van der Waals surface area contributed by atoms with Gasteiger partial charge in [-0.25, -0.2) is 4.39 Å². The lowest BCUT2D eigenvalue weighted by Crippen LogP contribution is -2.56. The fourth-order valence-corrected chi connectivity index (χ4v) is 3.54. The van der Waals surface area contributed by atoms with Crippen molar-refractivity contribution in [3.05, 3.63) is 34.6 Å². The molecule has 1 atom stereocenters. The molecule has 1 saturated carbocycles. The number of aliphatic hydroxyl groups is 1. The van der Waals surface area contributed by atoms with Crippen LogP contribution in [0.4, 0.5) is 4.39 Å². The number of aliphatic hydroxyl groups excluding tert-OH is 1. The van der Waals surface area contributed by atoms with E-state index in [4.69, 9.17) is 11.6 Å². The van der Waals surface area contributed by atoms with Gasteiger partial charge >= 0.3 is 0 Å². The summed E-state index contributed by atoms with van der Waals surface area (Å²) < 4.78 is 13.6. The molecule has 1 aliphatic carbocycles. The lowest BCUT2D eigenvalue weighted by atomic mass is 9.72. The number of nitrogens with zero attached hydrogens (tertiary/aromatic N) is 1. The van der Waals surface area contributed by atoms with Crippen molar-refractivity contribution in [1.29, 1.82) is 0 Å². The SMILES string of the molecule is CC1CCC(C(O)Cc2ccc(Cl)c(F)c2)(N(C)C)CC1. The summed E-state index contributed by atoms with van der Waals surface area (Å²) in [5, 5.41) is 10.9. The molecule has 0 amide bonds. The van der Waals surface area contributed by atoms with Crippen LogP contribution in [0, 0.1) is 11.7 Å². The molecule has 1 aromatic rings. The Kier molecular flexibility index (Phi) is 5.29. The van der Waals surface area contributed by atoms with Crippen LogP contribution >= 0.6 is 11.6 Å². The average molecular weight is 314 g/mol. The molecule has 0 heterocycles. The Balaban J connectivity index is 2.15. The summed E-state index contributed by atoms with van der Waals surface area (Å²) in [5.74, 6) is 0.302. The number of halogens is 2. The van der Waals surface area contributed by atoms with E-state index in [1.165, 1.54) is 6.07 Å². The number of rotatable bonds is 4. The second kappa shape index (κ2) is 6.64. The van der Waals surface area contributed by atoms with Gasteiger partial charge in [0, 0.05) is 12.0 Å². The molecule has 2 rings (SSSR count). The minimum atomic E-state index is -0.499. The van der Waals surface area contributed by atoms with Crippen LogP contribution in [-0.4, -0.2) is 35.7 Å². The van der Waals surface area contributed by atoms with Crippen LogP contribution in [0.25, 0.3) is 0 Å². The number of hydrogen-bond acceptors (Lipinski definition) is 2. The summed E-state index contributed by atoms with van der Waals surface area (Å²) >= 11 is 5.71. The van der Waals surface area contributed by atoms with Crippen LogP contribution in [0.15, 0.2) is 18.2 Å². The largest absolute Gasteiger partial charge is 0.391 e. The molecule has 2 nitrogen and oxygen atoms in total. The molecule has 0 spiro atoms. The van der Waals surface area contributed by atoms with Gasteiger partial charge in [-0.15, -0.1) is 0 Å². The third-order valence-corrected chi connectivity index (χ3v) is 5.37. The molecule has 1 unspecified atom stereocenters. The maximum Gasteiger partial charge on any atom is 0.142 e. The maximum atomic E-state index is 13.6. The Hall–Kier alpha value is -0.640. The molecule has 1 aromatic carbocycles. The van der Waals surface area contributed by atoms with E-state index in [1.54, 1.807) is 12.1 Å². The summed E-state index contributed by atoms with van der Waals surface area (Å²) in [6.45, 7) is 2.26. The predicted molar refractivity (Wildman–Crippen MR) is 85.2 cm³/mol. The van der Waals surface area contributed by atoms with Crippen molar-refractivity contribution >= 4 is 11.6 Å². The highest BCUT2D eigenvalue weighted by Crippen LogP contribution is 2.38. The second-order valence-electron chi connectivity index (χ2n) is 6.65. The third kappa shape index (κ3) is 3.58. The molecular formula is C17H25ClFNO. The summed E-state index contributed by atoms with van der Waals surface area (Å²) in [5.41, 5.74) is 0.590. The Bertz CT molecular complexity index is 484. The Labute approximate surface area is 131 Å². The van der Waals surface area contributed by atoms with Gasteiger partial charge in [0.15, 0.2) is 0 Å². The molecule has 0 aliphatic heterocycles. The molecule has 4 heteroatoms. The Morgan fingerprint density at radius 3 is 2.52 bits per heavy atom. The van der Waals surface area contributed by atoms with Gasteiger partial charge in [-0.1, -0.05) is 24.6 Å². The zero-order chi connectivity index (χ0) is 15.6. The topological polar surface area (TPSA) is 23.5 Å². The minimum Gasteiger partial charge on any atom is -0.391 e. The number of likely N-dealkylation sites (N-methyl/N-ethyl adjacent to an activating group) is 1. The smallest absolute Gasteiger partial charge is 0.142 e. The normalized spacial score (nSPS) is 27.9. The molecule has 21 heavy (non-hydrogen) atoms. The molecular weight excluding hydrogens is 289 g/mol. The van der Waals surface area contributed by atoms with Gasteiger partial charge in [0.2, 0.25) is 0 Å². The molecule has 1 fully saturated rings. The van der Waals surface area contributed by atoms with Crippen LogP contribution in [0.5, 0.6) is 0 Å². The van der Waals surface area contributed by atoms with E-state index >= 15 is 0 Å². The van der Waals surface area contributed by atoms with Gasteiger partial charge in [0.1, 0.15) is 5.82 Å². The van der Waals surface area contributed by atoms with E-state index in [0.717, 1.165) is 37.2 Å². The molecule has 0 radical (unpaired) electrons. The summed E-state index contributed by atoms with van der Waals surface area (Å²) in [6, 6.07) is 4.79. The average Bonchev–Trinajstić information content (AvgIpc) is 2.43. The van der Waals surface area contributed by atoms with Crippen molar-refractivity contribution in [2.75, 3.05) is 14.1 Å². The van der Waals surface area contributed by atoms with Crippen LogP contribution in [0.1, 0.15) is 38.2 Å². The quantitative estimate of drug-likeness (QED) is 0.911. The van der Waals surface area contributed by atoms with Crippen LogP contribution in [0.2, 0.25) is 5.02 Å². The molecule has 1 aliphatic rings. The maximum absolute atomic E-state index is 13.6. The fraction of sp³-hybridized carbons (Fsp3) is 0.647. The zero-order valence-electron chi connectivity index (χ0n) is 13.1. The van der Waals surface area contributed by atoms with Crippen molar-refractivity contribution in [3.63, 3.8) is 0 Å². The van der Waals surface area contributed by atoms with Gasteiger partial charge in [0.25, 0.3) is 0 Å². The van der Waals surface area contributed by atoms with Crippen molar-refractivity contribution in [2.24, 2.45) is 5.92 Å². The molecule has 0 bridgehead atoms. The highest BCUT2D eigenvalue weighted by molar-refractivity contribution is 6.30. The van der Waals surface area contributed by atoms with Crippen LogP contribution < -0.4 is 0 Å². The number of hydrogen-bond donors (Lipinski definition) is 1. The molecule has 1 N–H and O–H groups in total. The lowest BCUT2D eigenvalue weighted by molar-refractivity contribution is -0.0382. The van der Waals surface area contributed by atoms with E-state index in [-0.39, 0.29) is 10.6 Å². The van der Waals surface area contributed by atoms with Gasteiger partial charge < -0.3 is 10.0 Å². The first-order valence-corrected chi connectivity index (χ1v) is 8.02. The summed E-state index contributed by atoms with van der Waals surface area (Å²) in [6.07, 6.45) is 4.19. The first-order valence-electron chi connectivity index (χ1n) is 7.64. The zero-order valence-corrected chi connectivity index (χ0v) is 13.8. The van der Waals surface area contributed by atoms with E-state index in [1.807, 2.05) is 14.1 Å². The van der Waals surface area contributed by atoms with Crippen molar-refractivity contribution < 1.29 is 9.50 Å². The minimum absolute atomic E-state index is 0.127. The highest BCUT2D eigenvalue weighted by atomic mass is 35.5.